The lowest BCUT2D eigenvalue weighted by Gasteiger charge is -2.30. The topological polar surface area (TPSA) is 80.8 Å². The van der Waals surface area contributed by atoms with E-state index in [1.807, 2.05) is 0 Å². The summed E-state index contributed by atoms with van der Waals surface area (Å²) in [7, 11) is -4.08. The normalized spacial score (nSPS) is 15.6. The molecule has 0 atom stereocenters. The molecule has 1 heterocycles. The van der Waals surface area contributed by atoms with E-state index < -0.39 is 68.0 Å². The summed E-state index contributed by atoms with van der Waals surface area (Å²) in [6.07, 6.45) is 0.147. The van der Waals surface area contributed by atoms with Crippen molar-refractivity contribution >= 4 is 21.8 Å². The molecule has 1 aliphatic rings. The molecule has 3 rings (SSSR count). The van der Waals surface area contributed by atoms with E-state index in [-0.39, 0.29) is 25.9 Å². The van der Waals surface area contributed by atoms with E-state index in [4.69, 9.17) is 4.74 Å². The molecule has 0 aromatic heterocycles. The third kappa shape index (κ3) is 5.10. The van der Waals surface area contributed by atoms with Crippen molar-refractivity contribution < 1.29 is 40.3 Å². The molecule has 0 saturated carbocycles. The standard InChI is InChI=1S/C20H17F4NO5S/c21-13-1-3-16(22)15(9-13)19(26)11-30-20(27)12-5-7-25(8-6-12)31(28,29)14-2-4-17(23)18(24)10-14/h1-4,9-10,12H,5-8,11H2. The number of benzene rings is 2. The minimum atomic E-state index is -4.08. The summed E-state index contributed by atoms with van der Waals surface area (Å²) in [4.78, 5) is 23.8. The van der Waals surface area contributed by atoms with E-state index in [1.54, 1.807) is 0 Å². The average molecular weight is 459 g/mol. The van der Waals surface area contributed by atoms with Crippen LogP contribution < -0.4 is 0 Å². The first kappa shape index (κ1) is 22.9. The molecule has 166 valence electrons. The molecule has 1 saturated heterocycles. The average Bonchev–Trinajstić information content (AvgIpc) is 2.75. The Balaban J connectivity index is 1.56. The molecule has 0 radical (unpaired) electrons. The van der Waals surface area contributed by atoms with Gasteiger partial charge in [-0.2, -0.15) is 4.31 Å². The Labute approximate surface area is 175 Å². The highest BCUT2D eigenvalue weighted by atomic mass is 32.2. The number of rotatable bonds is 6. The molecule has 31 heavy (non-hydrogen) atoms. The van der Waals surface area contributed by atoms with Gasteiger partial charge >= 0.3 is 5.97 Å². The van der Waals surface area contributed by atoms with Crippen LogP contribution in [0.4, 0.5) is 17.6 Å². The number of hydrogen-bond acceptors (Lipinski definition) is 5. The van der Waals surface area contributed by atoms with Gasteiger partial charge in [0.15, 0.2) is 18.2 Å². The monoisotopic (exact) mass is 459 g/mol. The van der Waals surface area contributed by atoms with Gasteiger partial charge in [-0.05, 0) is 49.2 Å². The minimum Gasteiger partial charge on any atom is -0.457 e. The highest BCUT2D eigenvalue weighted by Crippen LogP contribution is 2.25. The zero-order valence-electron chi connectivity index (χ0n) is 16.0. The molecule has 0 amide bonds. The maximum absolute atomic E-state index is 13.6. The van der Waals surface area contributed by atoms with Crippen LogP contribution in [0.1, 0.15) is 23.2 Å². The van der Waals surface area contributed by atoms with Crippen LogP contribution in [0.5, 0.6) is 0 Å². The number of carbonyl (C=O) groups excluding carboxylic acids is 2. The molecule has 6 nitrogen and oxygen atoms in total. The van der Waals surface area contributed by atoms with Crippen molar-refractivity contribution in [3.05, 3.63) is 65.2 Å². The predicted molar refractivity (Wildman–Crippen MR) is 99.5 cm³/mol. The van der Waals surface area contributed by atoms with Gasteiger partial charge in [0, 0.05) is 13.1 Å². The van der Waals surface area contributed by atoms with Crippen LogP contribution >= 0.6 is 0 Å². The minimum absolute atomic E-state index is 0.0737. The van der Waals surface area contributed by atoms with E-state index in [0.717, 1.165) is 22.5 Å². The van der Waals surface area contributed by atoms with Gasteiger partial charge in [-0.1, -0.05) is 0 Å². The molecule has 0 N–H and O–H groups in total. The zero-order valence-corrected chi connectivity index (χ0v) is 16.8. The summed E-state index contributed by atoms with van der Waals surface area (Å²) in [5.41, 5.74) is -0.541. The van der Waals surface area contributed by atoms with Gasteiger partial charge in [0.05, 0.1) is 16.4 Å². The van der Waals surface area contributed by atoms with Crippen molar-refractivity contribution in [3.63, 3.8) is 0 Å². The van der Waals surface area contributed by atoms with Crippen molar-refractivity contribution in [1.82, 2.24) is 4.31 Å². The van der Waals surface area contributed by atoms with Crippen LogP contribution in [0.2, 0.25) is 0 Å². The maximum atomic E-state index is 13.6. The van der Waals surface area contributed by atoms with Gasteiger partial charge in [0.25, 0.3) is 0 Å². The first-order valence-electron chi connectivity index (χ1n) is 9.19. The molecule has 0 unspecified atom stereocenters. The molecule has 0 aliphatic carbocycles. The number of ether oxygens (including phenoxy) is 1. The molecular formula is C20H17F4NO5S. The number of piperidine rings is 1. The molecule has 11 heteroatoms. The number of hydrogen-bond donors (Lipinski definition) is 0. The Morgan fingerprint density at radius 3 is 2.23 bits per heavy atom. The summed E-state index contributed by atoms with van der Waals surface area (Å²) in [5, 5.41) is 0. The van der Waals surface area contributed by atoms with Crippen LogP contribution in [0.25, 0.3) is 0 Å². The second-order valence-electron chi connectivity index (χ2n) is 6.91. The van der Waals surface area contributed by atoms with E-state index in [0.29, 0.717) is 18.2 Å². The third-order valence-corrected chi connectivity index (χ3v) is 6.79. The SMILES string of the molecule is O=C(COC(=O)C1CCN(S(=O)(=O)c2ccc(F)c(F)c2)CC1)c1cc(F)ccc1F. The van der Waals surface area contributed by atoms with Crippen molar-refractivity contribution in [2.75, 3.05) is 19.7 Å². The van der Waals surface area contributed by atoms with Gasteiger partial charge in [-0.3, -0.25) is 9.59 Å². The second kappa shape index (κ2) is 9.15. The number of esters is 1. The molecule has 1 aliphatic heterocycles. The van der Waals surface area contributed by atoms with E-state index in [9.17, 15) is 35.6 Å². The molecular weight excluding hydrogens is 442 g/mol. The van der Waals surface area contributed by atoms with E-state index >= 15 is 0 Å². The maximum Gasteiger partial charge on any atom is 0.309 e. The zero-order chi connectivity index (χ0) is 22.8. The van der Waals surface area contributed by atoms with Gasteiger partial charge in [0.2, 0.25) is 15.8 Å². The van der Waals surface area contributed by atoms with Gasteiger partial charge < -0.3 is 4.74 Å². The first-order chi connectivity index (χ1) is 14.6. The third-order valence-electron chi connectivity index (χ3n) is 4.89. The fourth-order valence-corrected chi connectivity index (χ4v) is 4.64. The van der Waals surface area contributed by atoms with Crippen LogP contribution in [0, 0.1) is 29.2 Å². The Kier molecular flexibility index (Phi) is 6.75. The Hall–Kier alpha value is -2.79. The van der Waals surface area contributed by atoms with Gasteiger partial charge in [0.1, 0.15) is 11.6 Å². The quantitative estimate of drug-likeness (QED) is 0.377. The molecule has 0 spiro atoms. The molecule has 2 aromatic carbocycles. The van der Waals surface area contributed by atoms with Crippen LogP contribution in [0.3, 0.4) is 0 Å². The largest absolute Gasteiger partial charge is 0.457 e. The smallest absolute Gasteiger partial charge is 0.309 e. The summed E-state index contributed by atoms with van der Waals surface area (Å²) in [6.45, 7) is -0.937. The van der Waals surface area contributed by atoms with E-state index in [2.05, 4.69) is 0 Å². The second-order valence-corrected chi connectivity index (χ2v) is 8.85. The number of sulfonamides is 1. The number of Topliss-reactive ketones (excluding diaryl/α,β-unsaturated/α-hetero) is 1. The van der Waals surface area contributed by atoms with E-state index in [1.165, 1.54) is 0 Å². The lowest BCUT2D eigenvalue weighted by atomic mass is 9.98. The number of halogens is 4. The van der Waals surface area contributed by atoms with Crippen LogP contribution in [0.15, 0.2) is 41.3 Å². The number of nitrogens with zero attached hydrogens (tertiary/aromatic N) is 1. The molecule has 0 bridgehead atoms. The Bertz CT molecular complexity index is 1110. The summed E-state index contributed by atoms with van der Waals surface area (Å²) in [6, 6.07) is 4.58. The summed E-state index contributed by atoms with van der Waals surface area (Å²) < 4.78 is 84.3. The van der Waals surface area contributed by atoms with Crippen molar-refractivity contribution in [2.45, 2.75) is 17.7 Å². The fraction of sp³-hybridized carbons (Fsp3) is 0.300. The predicted octanol–water partition coefficient (Wildman–Crippen LogP) is 3.07. The Morgan fingerprint density at radius 1 is 0.935 bits per heavy atom. The van der Waals surface area contributed by atoms with Crippen LogP contribution in [-0.4, -0.2) is 44.2 Å². The lowest BCUT2D eigenvalue weighted by molar-refractivity contribution is -0.148. The summed E-state index contributed by atoms with van der Waals surface area (Å²) in [5.74, 6) is -6.61. The fourth-order valence-electron chi connectivity index (χ4n) is 3.16. The lowest BCUT2D eigenvalue weighted by Crippen LogP contribution is -2.40. The van der Waals surface area contributed by atoms with Crippen molar-refractivity contribution in [2.24, 2.45) is 5.92 Å². The highest BCUT2D eigenvalue weighted by Gasteiger charge is 2.33. The first-order valence-corrected chi connectivity index (χ1v) is 10.6. The van der Waals surface area contributed by atoms with Crippen molar-refractivity contribution in [3.8, 4) is 0 Å². The van der Waals surface area contributed by atoms with Crippen molar-refractivity contribution in [1.29, 1.82) is 0 Å². The summed E-state index contributed by atoms with van der Waals surface area (Å²) >= 11 is 0. The number of ketones is 1. The van der Waals surface area contributed by atoms with Crippen LogP contribution in [-0.2, 0) is 19.6 Å². The van der Waals surface area contributed by atoms with Gasteiger partial charge in [-0.25, -0.2) is 26.0 Å². The molecule has 1 fully saturated rings. The molecule has 2 aromatic rings. The Morgan fingerprint density at radius 2 is 1.58 bits per heavy atom. The highest BCUT2D eigenvalue weighted by molar-refractivity contribution is 7.89. The van der Waals surface area contributed by atoms with Gasteiger partial charge in [-0.15, -0.1) is 0 Å². The number of carbonyl (C=O) groups is 2.